The molecule has 1 unspecified atom stereocenters. The fraction of sp³-hybridized carbons (Fsp3) is 0.222. The third-order valence-corrected chi connectivity index (χ3v) is 2.24. The van der Waals surface area contributed by atoms with Gasteiger partial charge in [-0.05, 0) is 18.1 Å². The molecule has 6 heteroatoms. The van der Waals surface area contributed by atoms with E-state index in [0.717, 1.165) is 5.56 Å². The first-order valence-electron chi connectivity index (χ1n) is 4.31. The number of primary amides is 1. The van der Waals surface area contributed by atoms with E-state index < -0.39 is 17.2 Å². The van der Waals surface area contributed by atoms with Crippen molar-refractivity contribution in [2.24, 2.45) is 5.73 Å². The Morgan fingerprint density at radius 3 is 2.73 bits per heavy atom. The molecule has 1 aromatic carbocycles. The quantitative estimate of drug-likeness (QED) is 0.708. The topological polar surface area (TPSA) is 95.2 Å². The molecule has 0 aliphatic heterocycles. The standard InChI is InChI=1S/C9H12N2O3S/c10-9(12)6-5-7-3-1-2-4-8(7)11-15(13)14/h1-4,11H,5-6H2,(H2,10,12)(H,13,14)/p-1. The summed E-state index contributed by atoms with van der Waals surface area (Å²) in [5, 5.41) is 0. The average molecular weight is 227 g/mol. The maximum Gasteiger partial charge on any atom is 0.217 e. The zero-order valence-corrected chi connectivity index (χ0v) is 8.75. The van der Waals surface area contributed by atoms with Crippen LogP contribution in [0.5, 0.6) is 0 Å². The van der Waals surface area contributed by atoms with Crippen molar-refractivity contribution in [2.75, 3.05) is 4.72 Å². The first kappa shape index (κ1) is 11.7. The molecule has 0 radical (unpaired) electrons. The Balaban J connectivity index is 2.76. The third-order valence-electron chi connectivity index (χ3n) is 1.85. The first-order valence-corrected chi connectivity index (χ1v) is 5.39. The first-order chi connectivity index (χ1) is 7.09. The molecular formula is C9H11N2O3S-. The molecule has 1 amide bonds. The van der Waals surface area contributed by atoms with Crippen LogP contribution < -0.4 is 10.5 Å². The normalized spacial score (nSPS) is 12.1. The highest BCUT2D eigenvalue weighted by molar-refractivity contribution is 7.80. The maximum absolute atomic E-state index is 10.6. The number of amides is 1. The van der Waals surface area contributed by atoms with Crippen molar-refractivity contribution in [3.05, 3.63) is 29.8 Å². The van der Waals surface area contributed by atoms with Crippen molar-refractivity contribution in [3.8, 4) is 0 Å². The van der Waals surface area contributed by atoms with Gasteiger partial charge in [0.15, 0.2) is 0 Å². The number of nitrogens with one attached hydrogen (secondary N) is 1. The molecule has 0 aliphatic rings. The number of para-hydroxylation sites is 1. The van der Waals surface area contributed by atoms with Gasteiger partial charge in [-0.15, -0.1) is 0 Å². The van der Waals surface area contributed by atoms with Crippen LogP contribution >= 0.6 is 0 Å². The zero-order chi connectivity index (χ0) is 11.3. The number of carbonyl (C=O) groups is 1. The highest BCUT2D eigenvalue weighted by Gasteiger charge is 2.02. The molecule has 1 atom stereocenters. The van der Waals surface area contributed by atoms with Gasteiger partial charge in [-0.3, -0.25) is 9.00 Å². The van der Waals surface area contributed by atoms with Crippen LogP contribution in [0, 0.1) is 0 Å². The van der Waals surface area contributed by atoms with Crippen LogP contribution in [0.2, 0.25) is 0 Å². The smallest absolute Gasteiger partial charge is 0.217 e. The molecule has 0 saturated carbocycles. The van der Waals surface area contributed by atoms with Crippen LogP contribution in [0.25, 0.3) is 0 Å². The second kappa shape index (κ2) is 5.47. The Hall–Kier alpha value is -1.40. The molecule has 3 N–H and O–H groups in total. The van der Waals surface area contributed by atoms with Gasteiger partial charge in [0.05, 0.1) is 0 Å². The molecule has 0 aliphatic carbocycles. The van der Waals surface area contributed by atoms with E-state index in [1.165, 1.54) is 0 Å². The summed E-state index contributed by atoms with van der Waals surface area (Å²) in [5.41, 5.74) is 6.24. The highest BCUT2D eigenvalue weighted by atomic mass is 32.2. The number of aryl methyl sites for hydroxylation is 1. The second-order valence-electron chi connectivity index (χ2n) is 2.96. The number of anilines is 1. The van der Waals surface area contributed by atoms with E-state index in [9.17, 15) is 13.6 Å². The van der Waals surface area contributed by atoms with Crippen molar-refractivity contribution in [1.82, 2.24) is 0 Å². The summed E-state index contributed by atoms with van der Waals surface area (Å²) in [6, 6.07) is 6.86. The minimum atomic E-state index is -2.36. The molecule has 1 aromatic rings. The van der Waals surface area contributed by atoms with Crippen molar-refractivity contribution in [1.29, 1.82) is 0 Å². The predicted octanol–water partition coefficient (Wildman–Crippen LogP) is 0.310. The van der Waals surface area contributed by atoms with Crippen LogP contribution in [0.4, 0.5) is 5.69 Å². The molecular weight excluding hydrogens is 216 g/mol. The number of nitrogens with two attached hydrogens (primary N) is 1. The Bertz CT molecular complexity index is 381. The van der Waals surface area contributed by atoms with Crippen LogP contribution in [0.3, 0.4) is 0 Å². The van der Waals surface area contributed by atoms with Crippen molar-refractivity contribution >= 4 is 22.9 Å². The lowest BCUT2D eigenvalue weighted by molar-refractivity contribution is -0.117. The van der Waals surface area contributed by atoms with E-state index in [1.807, 2.05) is 0 Å². The van der Waals surface area contributed by atoms with E-state index >= 15 is 0 Å². The number of hydrogen-bond acceptors (Lipinski definition) is 3. The van der Waals surface area contributed by atoms with Crippen LogP contribution in [-0.2, 0) is 22.5 Å². The summed E-state index contributed by atoms with van der Waals surface area (Å²) in [4.78, 5) is 10.6. The maximum atomic E-state index is 10.6. The lowest BCUT2D eigenvalue weighted by atomic mass is 10.1. The predicted molar refractivity (Wildman–Crippen MR) is 56.5 cm³/mol. The Kier molecular flexibility index (Phi) is 4.26. The Labute approximate surface area is 90.1 Å². The lowest BCUT2D eigenvalue weighted by Crippen LogP contribution is -2.12. The van der Waals surface area contributed by atoms with Gasteiger partial charge in [0.2, 0.25) is 5.91 Å². The lowest BCUT2D eigenvalue weighted by Gasteiger charge is -2.12. The fourth-order valence-electron chi connectivity index (χ4n) is 1.19. The molecule has 15 heavy (non-hydrogen) atoms. The van der Waals surface area contributed by atoms with Gasteiger partial charge >= 0.3 is 0 Å². The number of benzene rings is 1. The third kappa shape index (κ3) is 4.09. The Morgan fingerprint density at radius 1 is 1.47 bits per heavy atom. The summed E-state index contributed by atoms with van der Waals surface area (Å²) in [6.45, 7) is 0. The van der Waals surface area contributed by atoms with E-state index in [-0.39, 0.29) is 6.42 Å². The van der Waals surface area contributed by atoms with E-state index in [4.69, 9.17) is 5.73 Å². The van der Waals surface area contributed by atoms with Crippen molar-refractivity contribution in [2.45, 2.75) is 12.8 Å². The zero-order valence-electron chi connectivity index (χ0n) is 7.93. The monoisotopic (exact) mass is 227 g/mol. The molecule has 0 heterocycles. The molecule has 0 bridgehead atoms. The van der Waals surface area contributed by atoms with E-state index in [0.29, 0.717) is 12.1 Å². The second-order valence-corrected chi connectivity index (χ2v) is 3.63. The summed E-state index contributed by atoms with van der Waals surface area (Å²) < 4.78 is 23.2. The Morgan fingerprint density at radius 2 is 2.13 bits per heavy atom. The van der Waals surface area contributed by atoms with Gasteiger partial charge in [0.1, 0.15) is 0 Å². The molecule has 0 fully saturated rings. The van der Waals surface area contributed by atoms with Crippen LogP contribution in [-0.4, -0.2) is 14.7 Å². The minimum absolute atomic E-state index is 0.199. The van der Waals surface area contributed by atoms with Gasteiger partial charge in [-0.2, -0.15) is 0 Å². The molecule has 0 spiro atoms. The van der Waals surface area contributed by atoms with Gasteiger partial charge < -0.3 is 15.0 Å². The summed E-state index contributed by atoms with van der Waals surface area (Å²) in [7, 11) is 0. The van der Waals surface area contributed by atoms with Gasteiger partial charge in [-0.25, -0.2) is 0 Å². The van der Waals surface area contributed by atoms with Crippen LogP contribution in [0.15, 0.2) is 24.3 Å². The number of hydrogen-bond donors (Lipinski definition) is 2. The molecule has 0 aromatic heterocycles. The molecule has 82 valence electrons. The highest BCUT2D eigenvalue weighted by Crippen LogP contribution is 2.16. The van der Waals surface area contributed by atoms with Crippen molar-refractivity contribution in [3.63, 3.8) is 0 Å². The summed E-state index contributed by atoms with van der Waals surface area (Å²) in [6.07, 6.45) is 0.625. The number of rotatable bonds is 5. The average Bonchev–Trinajstić information content (AvgIpc) is 2.15. The minimum Gasteiger partial charge on any atom is -0.755 e. The largest absolute Gasteiger partial charge is 0.755 e. The van der Waals surface area contributed by atoms with E-state index in [2.05, 4.69) is 4.72 Å². The van der Waals surface area contributed by atoms with Gasteiger partial charge in [0, 0.05) is 23.4 Å². The summed E-state index contributed by atoms with van der Waals surface area (Å²) >= 11 is -2.36. The van der Waals surface area contributed by atoms with Gasteiger partial charge in [-0.1, -0.05) is 18.2 Å². The molecule has 5 nitrogen and oxygen atoms in total. The number of carbonyl (C=O) groups excluding carboxylic acids is 1. The molecule has 0 saturated heterocycles. The van der Waals surface area contributed by atoms with E-state index in [1.54, 1.807) is 24.3 Å². The van der Waals surface area contributed by atoms with Crippen molar-refractivity contribution < 1.29 is 13.6 Å². The van der Waals surface area contributed by atoms with Crippen LogP contribution in [0.1, 0.15) is 12.0 Å². The SMILES string of the molecule is NC(=O)CCc1ccccc1NS(=O)[O-]. The molecule has 1 rings (SSSR count). The summed E-state index contributed by atoms with van der Waals surface area (Å²) in [5.74, 6) is -0.409. The van der Waals surface area contributed by atoms with Gasteiger partial charge in [0.25, 0.3) is 0 Å². The fourth-order valence-corrected chi connectivity index (χ4v) is 1.56.